The van der Waals surface area contributed by atoms with Gasteiger partial charge in [0.1, 0.15) is 17.5 Å². The molecule has 1 N–H and O–H groups in total. The highest BCUT2D eigenvalue weighted by Crippen LogP contribution is 2.26. The molecule has 1 saturated heterocycles. The van der Waals surface area contributed by atoms with Gasteiger partial charge in [0, 0.05) is 26.2 Å². The number of carbonyl (C=O) groups is 2. The molecule has 4 aromatic rings. The van der Waals surface area contributed by atoms with Gasteiger partial charge in [0.2, 0.25) is 15.9 Å². The van der Waals surface area contributed by atoms with Crippen LogP contribution in [0.3, 0.4) is 0 Å². The van der Waals surface area contributed by atoms with Crippen LogP contribution >= 0.6 is 0 Å². The quantitative estimate of drug-likeness (QED) is 0.225. The molecule has 1 fully saturated rings. The van der Waals surface area contributed by atoms with E-state index in [4.69, 9.17) is 14.2 Å². The van der Waals surface area contributed by atoms with Crippen LogP contribution in [0.2, 0.25) is 0 Å². The summed E-state index contributed by atoms with van der Waals surface area (Å²) in [7, 11) is -2.09. The Hall–Kier alpha value is -4.71. The van der Waals surface area contributed by atoms with E-state index in [0.29, 0.717) is 49.9 Å². The molecule has 1 aliphatic rings. The molecule has 10 nitrogen and oxygen atoms in total. The van der Waals surface area contributed by atoms with Gasteiger partial charge in [0.15, 0.2) is 6.61 Å². The predicted molar refractivity (Wildman–Crippen MR) is 177 cm³/mol. The van der Waals surface area contributed by atoms with Crippen LogP contribution in [0.15, 0.2) is 108 Å². The monoisotopic (exact) mass is 657 g/mol. The van der Waals surface area contributed by atoms with Gasteiger partial charge in [-0.15, -0.1) is 0 Å². The number of rotatable bonds is 13. The number of benzene rings is 4. The van der Waals surface area contributed by atoms with E-state index >= 15 is 0 Å². The third kappa shape index (κ3) is 8.76. The maximum Gasteiger partial charge on any atom is 0.261 e. The fraction of sp³-hybridized carbons (Fsp3) is 0.278. The number of aryl methyl sites for hydroxylation is 1. The summed E-state index contributed by atoms with van der Waals surface area (Å²) >= 11 is 0. The minimum absolute atomic E-state index is 0.125. The maximum atomic E-state index is 14.0. The Kier molecular flexibility index (Phi) is 11.3. The zero-order chi connectivity index (χ0) is 33.2. The summed E-state index contributed by atoms with van der Waals surface area (Å²) in [5, 5.41) is 3.02. The van der Waals surface area contributed by atoms with E-state index < -0.39 is 22.0 Å². The van der Waals surface area contributed by atoms with E-state index in [1.807, 2.05) is 73.7 Å². The van der Waals surface area contributed by atoms with Gasteiger partial charge in [0.25, 0.3) is 5.91 Å². The second kappa shape index (κ2) is 15.7. The van der Waals surface area contributed by atoms with Gasteiger partial charge in [-0.25, -0.2) is 8.42 Å². The first-order valence-corrected chi connectivity index (χ1v) is 16.8. The summed E-state index contributed by atoms with van der Waals surface area (Å²) in [6.07, 6.45) is 0. The van der Waals surface area contributed by atoms with Gasteiger partial charge < -0.3 is 24.4 Å². The molecule has 4 aromatic carbocycles. The Bertz CT molecular complexity index is 1720. The third-order valence-corrected chi connectivity index (χ3v) is 9.80. The van der Waals surface area contributed by atoms with Gasteiger partial charge in [0.05, 0.1) is 25.2 Å². The summed E-state index contributed by atoms with van der Waals surface area (Å²) in [6, 6.07) is 29.3. The van der Waals surface area contributed by atoms with Gasteiger partial charge >= 0.3 is 0 Å². The molecule has 0 saturated carbocycles. The van der Waals surface area contributed by atoms with Crippen molar-refractivity contribution >= 4 is 21.8 Å². The molecule has 0 radical (unpaired) electrons. The lowest BCUT2D eigenvalue weighted by Gasteiger charge is -2.31. The van der Waals surface area contributed by atoms with Crippen molar-refractivity contribution in [3.05, 3.63) is 125 Å². The van der Waals surface area contributed by atoms with Gasteiger partial charge in [-0.1, -0.05) is 72.3 Å². The lowest BCUT2D eigenvalue weighted by atomic mass is 10.0. The molecule has 0 aromatic heterocycles. The highest BCUT2D eigenvalue weighted by Gasteiger charge is 2.32. The van der Waals surface area contributed by atoms with Crippen LogP contribution in [0.25, 0.3) is 0 Å². The minimum Gasteiger partial charge on any atom is -0.497 e. The number of ether oxygens (including phenoxy) is 3. The fourth-order valence-electron chi connectivity index (χ4n) is 5.22. The molecule has 11 heteroatoms. The largest absolute Gasteiger partial charge is 0.497 e. The molecule has 1 heterocycles. The van der Waals surface area contributed by atoms with Crippen molar-refractivity contribution in [3.8, 4) is 11.5 Å². The summed E-state index contributed by atoms with van der Waals surface area (Å²) in [5.41, 5.74) is 3.50. The first-order chi connectivity index (χ1) is 22.7. The number of morpholine rings is 1. The van der Waals surface area contributed by atoms with Crippen molar-refractivity contribution in [2.45, 2.75) is 31.0 Å². The molecular formula is C36H39N3O7S. The average molecular weight is 658 g/mol. The Labute approximate surface area is 275 Å². The van der Waals surface area contributed by atoms with E-state index in [9.17, 15) is 18.0 Å². The molecule has 1 aliphatic heterocycles. The van der Waals surface area contributed by atoms with Crippen LogP contribution in [0.5, 0.6) is 11.5 Å². The number of amides is 2. The SMILES string of the molecule is COc1ccc(CN(C(=O)COc2ccc(S(=O)(=O)N3CCOCC3)cc2)[C@@H](C(=O)NCc2ccc(C)cc2)c2ccccc2)cc1. The molecule has 0 unspecified atom stereocenters. The van der Waals surface area contributed by atoms with E-state index in [1.54, 1.807) is 19.2 Å². The Morgan fingerprint density at radius 3 is 2.11 bits per heavy atom. The molecule has 2 amide bonds. The molecule has 47 heavy (non-hydrogen) atoms. The van der Waals surface area contributed by atoms with Crippen LogP contribution in [0.4, 0.5) is 0 Å². The van der Waals surface area contributed by atoms with Crippen LogP contribution in [0.1, 0.15) is 28.3 Å². The zero-order valence-electron chi connectivity index (χ0n) is 26.5. The smallest absolute Gasteiger partial charge is 0.261 e. The van der Waals surface area contributed by atoms with Crippen molar-refractivity contribution in [3.63, 3.8) is 0 Å². The van der Waals surface area contributed by atoms with Crippen molar-refractivity contribution in [1.82, 2.24) is 14.5 Å². The predicted octanol–water partition coefficient (Wildman–Crippen LogP) is 4.49. The van der Waals surface area contributed by atoms with Crippen molar-refractivity contribution < 1.29 is 32.2 Å². The van der Waals surface area contributed by atoms with Gasteiger partial charge in [-0.3, -0.25) is 9.59 Å². The number of hydrogen-bond donors (Lipinski definition) is 1. The zero-order valence-corrected chi connectivity index (χ0v) is 27.3. The topological polar surface area (TPSA) is 114 Å². The number of carbonyl (C=O) groups excluding carboxylic acids is 2. The third-order valence-electron chi connectivity index (χ3n) is 7.89. The Balaban J connectivity index is 1.37. The highest BCUT2D eigenvalue weighted by atomic mass is 32.2. The molecular weight excluding hydrogens is 618 g/mol. The molecule has 0 bridgehead atoms. The molecule has 0 aliphatic carbocycles. The Morgan fingerprint density at radius 1 is 0.851 bits per heavy atom. The molecule has 0 spiro atoms. The fourth-order valence-corrected chi connectivity index (χ4v) is 6.63. The van der Waals surface area contributed by atoms with E-state index in [1.165, 1.54) is 33.5 Å². The highest BCUT2D eigenvalue weighted by molar-refractivity contribution is 7.89. The number of sulfonamides is 1. The molecule has 5 rings (SSSR count). The number of methoxy groups -OCH3 is 1. The Morgan fingerprint density at radius 2 is 1.47 bits per heavy atom. The second-order valence-corrected chi connectivity index (χ2v) is 13.1. The molecule has 1 atom stereocenters. The second-order valence-electron chi connectivity index (χ2n) is 11.2. The van der Waals surface area contributed by atoms with Gasteiger partial charge in [-0.05, 0) is 60.0 Å². The summed E-state index contributed by atoms with van der Waals surface area (Å²) in [6.45, 7) is 3.33. The number of nitrogens with zero attached hydrogens (tertiary/aromatic N) is 2. The molecule has 246 valence electrons. The van der Waals surface area contributed by atoms with Crippen LogP contribution in [-0.2, 0) is 37.4 Å². The van der Waals surface area contributed by atoms with Crippen molar-refractivity contribution in [1.29, 1.82) is 0 Å². The van der Waals surface area contributed by atoms with Crippen LogP contribution < -0.4 is 14.8 Å². The maximum absolute atomic E-state index is 14.0. The van der Waals surface area contributed by atoms with Crippen molar-refractivity contribution in [2.24, 2.45) is 0 Å². The summed E-state index contributed by atoms with van der Waals surface area (Å²) < 4.78 is 43.9. The normalized spacial score (nSPS) is 14.2. The lowest BCUT2D eigenvalue weighted by molar-refractivity contribution is -0.143. The summed E-state index contributed by atoms with van der Waals surface area (Å²) in [5.74, 6) is 0.231. The number of hydrogen-bond acceptors (Lipinski definition) is 7. The van der Waals surface area contributed by atoms with E-state index in [-0.39, 0.29) is 24.0 Å². The standard InChI is InChI=1S/C36H39N3O7S/c1-27-8-10-28(11-9-27)24-37-36(41)35(30-6-4-3-5-7-30)39(25-29-12-14-31(44-2)15-13-29)34(40)26-46-32-16-18-33(19-17-32)47(42,43)38-20-22-45-23-21-38/h3-19,35H,20-26H2,1-2H3,(H,37,41)/t35-/m1/s1. The van der Waals surface area contributed by atoms with E-state index in [2.05, 4.69) is 5.32 Å². The minimum atomic E-state index is -3.67. The average Bonchev–Trinajstić information content (AvgIpc) is 3.11. The van der Waals surface area contributed by atoms with Gasteiger partial charge in [-0.2, -0.15) is 4.31 Å². The summed E-state index contributed by atoms with van der Waals surface area (Å²) in [4.78, 5) is 29.5. The number of nitrogens with one attached hydrogen (secondary N) is 1. The van der Waals surface area contributed by atoms with Crippen LogP contribution in [-0.4, -0.2) is 69.5 Å². The van der Waals surface area contributed by atoms with Crippen LogP contribution in [0, 0.1) is 6.92 Å². The first kappa shape index (κ1) is 33.6. The lowest BCUT2D eigenvalue weighted by Crippen LogP contribution is -2.45. The first-order valence-electron chi connectivity index (χ1n) is 15.4. The van der Waals surface area contributed by atoms with Crippen molar-refractivity contribution in [2.75, 3.05) is 40.0 Å². The van der Waals surface area contributed by atoms with E-state index in [0.717, 1.165) is 16.7 Å².